The molecule has 6 aromatic rings. The van der Waals surface area contributed by atoms with E-state index in [2.05, 4.69) is 143 Å². The number of nitrogens with zero attached hydrogens (tertiary/aromatic N) is 2. The number of fused-ring (bicyclic) bond motifs is 6. The second kappa shape index (κ2) is 8.84. The summed E-state index contributed by atoms with van der Waals surface area (Å²) in [7, 11) is 0. The van der Waals surface area contributed by atoms with E-state index in [9.17, 15) is 0 Å². The van der Waals surface area contributed by atoms with Crippen molar-refractivity contribution in [2.45, 2.75) is 38.5 Å². The lowest BCUT2D eigenvalue weighted by Gasteiger charge is -2.22. The zero-order valence-electron chi connectivity index (χ0n) is 24.4. The Bertz CT molecular complexity index is 1910. The number of hydrogen-bond donors (Lipinski definition) is 0. The Labute approximate surface area is 247 Å². The smallest absolute Gasteiger partial charge is 0.160 e. The lowest BCUT2D eigenvalue weighted by Crippen LogP contribution is -2.15. The van der Waals surface area contributed by atoms with Crippen LogP contribution in [0.25, 0.3) is 56.2 Å². The van der Waals surface area contributed by atoms with Crippen LogP contribution in [-0.4, -0.2) is 9.97 Å². The van der Waals surface area contributed by atoms with Crippen LogP contribution in [0.15, 0.2) is 121 Å². The maximum Gasteiger partial charge on any atom is 0.160 e. The lowest BCUT2D eigenvalue weighted by molar-refractivity contribution is 0.660. The average Bonchev–Trinajstić information content (AvgIpc) is 3.40. The van der Waals surface area contributed by atoms with E-state index >= 15 is 0 Å². The molecule has 2 aliphatic rings. The van der Waals surface area contributed by atoms with E-state index in [0.717, 1.165) is 33.9 Å². The molecule has 0 fully saturated rings. The molecule has 0 saturated heterocycles. The molecule has 42 heavy (non-hydrogen) atoms. The van der Waals surface area contributed by atoms with Crippen LogP contribution in [0.5, 0.6) is 0 Å². The van der Waals surface area contributed by atoms with Crippen LogP contribution in [0.2, 0.25) is 0 Å². The first kappa shape index (κ1) is 24.9. The predicted octanol–water partition coefficient (Wildman–Crippen LogP) is 10.1. The van der Waals surface area contributed by atoms with Gasteiger partial charge in [0.15, 0.2) is 5.82 Å². The number of rotatable bonds is 3. The van der Waals surface area contributed by atoms with Gasteiger partial charge in [-0.05, 0) is 62.7 Å². The van der Waals surface area contributed by atoms with Gasteiger partial charge in [0.2, 0.25) is 0 Å². The summed E-state index contributed by atoms with van der Waals surface area (Å²) in [6, 6.07) is 43.7. The van der Waals surface area contributed by atoms with Crippen molar-refractivity contribution in [2.24, 2.45) is 0 Å². The SMILES string of the molecule is CC1(C)c2ccccc2-c2ccc(-c3cc(-c4ccc5c(c4)C(C)(C)c4ccccc4-5)nc(-c4ccccc4)n3)cc21. The van der Waals surface area contributed by atoms with Gasteiger partial charge in [-0.25, -0.2) is 9.97 Å². The summed E-state index contributed by atoms with van der Waals surface area (Å²) in [6.07, 6.45) is 0. The molecule has 8 rings (SSSR count). The molecule has 2 heteroatoms. The van der Waals surface area contributed by atoms with Crippen LogP contribution in [0.1, 0.15) is 49.9 Å². The predicted molar refractivity (Wildman–Crippen MR) is 173 cm³/mol. The Morgan fingerprint density at radius 3 is 1.31 bits per heavy atom. The molecule has 0 aliphatic heterocycles. The molecule has 0 bridgehead atoms. The van der Waals surface area contributed by atoms with Crippen molar-refractivity contribution in [2.75, 3.05) is 0 Å². The average molecular weight is 541 g/mol. The van der Waals surface area contributed by atoms with Crippen LogP contribution < -0.4 is 0 Å². The van der Waals surface area contributed by atoms with Crippen molar-refractivity contribution < 1.29 is 0 Å². The van der Waals surface area contributed by atoms with E-state index in [-0.39, 0.29) is 10.8 Å². The van der Waals surface area contributed by atoms with E-state index in [0.29, 0.717) is 0 Å². The van der Waals surface area contributed by atoms with Gasteiger partial charge in [-0.15, -0.1) is 0 Å². The molecule has 0 N–H and O–H groups in total. The maximum atomic E-state index is 5.14. The normalized spacial score (nSPS) is 15.0. The first-order valence-corrected chi connectivity index (χ1v) is 14.8. The molecule has 0 saturated carbocycles. The van der Waals surface area contributed by atoms with Crippen molar-refractivity contribution in [3.05, 3.63) is 144 Å². The minimum absolute atomic E-state index is 0.0688. The molecule has 0 unspecified atom stereocenters. The van der Waals surface area contributed by atoms with Gasteiger partial charge in [-0.1, -0.05) is 131 Å². The minimum Gasteiger partial charge on any atom is -0.228 e. The highest BCUT2D eigenvalue weighted by Gasteiger charge is 2.36. The summed E-state index contributed by atoms with van der Waals surface area (Å²) >= 11 is 0. The van der Waals surface area contributed by atoms with E-state index < -0.39 is 0 Å². The molecular formula is C40H32N2. The molecule has 0 radical (unpaired) electrons. The van der Waals surface area contributed by atoms with E-state index in [1.807, 2.05) is 6.07 Å². The number of aromatic nitrogens is 2. The van der Waals surface area contributed by atoms with Gasteiger partial charge >= 0.3 is 0 Å². The second-order valence-corrected chi connectivity index (χ2v) is 12.7. The zero-order valence-corrected chi connectivity index (χ0v) is 24.4. The van der Waals surface area contributed by atoms with Gasteiger partial charge in [-0.3, -0.25) is 0 Å². The van der Waals surface area contributed by atoms with Gasteiger partial charge in [0.1, 0.15) is 0 Å². The number of hydrogen-bond acceptors (Lipinski definition) is 2. The van der Waals surface area contributed by atoms with Crippen molar-refractivity contribution in [3.63, 3.8) is 0 Å². The molecule has 0 atom stereocenters. The maximum absolute atomic E-state index is 5.14. The Balaban J connectivity index is 1.30. The molecule has 0 spiro atoms. The Kier molecular flexibility index (Phi) is 5.25. The van der Waals surface area contributed by atoms with Crippen LogP contribution >= 0.6 is 0 Å². The Hall–Kier alpha value is -4.82. The molecular weight excluding hydrogens is 508 g/mol. The number of benzene rings is 5. The summed E-state index contributed by atoms with van der Waals surface area (Å²) in [5.41, 5.74) is 15.7. The topological polar surface area (TPSA) is 25.8 Å². The molecule has 1 heterocycles. The van der Waals surface area contributed by atoms with Crippen molar-refractivity contribution in [1.29, 1.82) is 0 Å². The fourth-order valence-electron chi connectivity index (χ4n) is 7.19. The lowest BCUT2D eigenvalue weighted by atomic mass is 9.81. The summed E-state index contributed by atoms with van der Waals surface area (Å²) in [5, 5.41) is 0. The highest BCUT2D eigenvalue weighted by atomic mass is 14.9. The Morgan fingerprint density at radius 1 is 0.381 bits per heavy atom. The van der Waals surface area contributed by atoms with E-state index in [1.165, 1.54) is 44.5 Å². The first-order chi connectivity index (χ1) is 20.3. The monoisotopic (exact) mass is 540 g/mol. The quantitative estimate of drug-likeness (QED) is 0.223. The second-order valence-electron chi connectivity index (χ2n) is 12.7. The van der Waals surface area contributed by atoms with Crippen LogP contribution in [-0.2, 0) is 10.8 Å². The van der Waals surface area contributed by atoms with Crippen LogP contribution in [0.3, 0.4) is 0 Å². The van der Waals surface area contributed by atoms with Crippen molar-refractivity contribution in [1.82, 2.24) is 9.97 Å². The zero-order chi connectivity index (χ0) is 28.6. The molecule has 2 aliphatic carbocycles. The van der Waals surface area contributed by atoms with Gasteiger partial charge in [0.05, 0.1) is 11.4 Å². The molecule has 0 amide bonds. The van der Waals surface area contributed by atoms with Gasteiger partial charge in [0, 0.05) is 27.5 Å². The van der Waals surface area contributed by atoms with Crippen molar-refractivity contribution >= 4 is 0 Å². The van der Waals surface area contributed by atoms with E-state index in [1.54, 1.807) is 0 Å². The largest absolute Gasteiger partial charge is 0.228 e. The first-order valence-electron chi connectivity index (χ1n) is 14.8. The van der Waals surface area contributed by atoms with Crippen LogP contribution in [0, 0.1) is 0 Å². The summed E-state index contributed by atoms with van der Waals surface area (Å²) < 4.78 is 0. The van der Waals surface area contributed by atoms with Crippen LogP contribution in [0.4, 0.5) is 0 Å². The van der Waals surface area contributed by atoms with Gasteiger partial charge in [-0.2, -0.15) is 0 Å². The highest BCUT2D eigenvalue weighted by Crippen LogP contribution is 2.51. The summed E-state index contributed by atoms with van der Waals surface area (Å²) in [5.74, 6) is 0.745. The molecule has 1 aromatic heterocycles. The molecule has 5 aromatic carbocycles. The van der Waals surface area contributed by atoms with E-state index in [4.69, 9.17) is 9.97 Å². The third-order valence-corrected chi connectivity index (χ3v) is 9.52. The fraction of sp³-hybridized carbons (Fsp3) is 0.150. The van der Waals surface area contributed by atoms with Gasteiger partial charge in [0.25, 0.3) is 0 Å². The minimum atomic E-state index is -0.0688. The fourth-order valence-corrected chi connectivity index (χ4v) is 7.19. The molecule has 202 valence electrons. The Morgan fingerprint density at radius 2 is 0.810 bits per heavy atom. The third-order valence-electron chi connectivity index (χ3n) is 9.52. The standard InChI is InChI=1S/C40H32N2/c1-39(2)32-16-10-8-14-28(32)30-20-18-26(22-34(30)39)36-24-37(42-38(41-36)25-12-6-5-7-13-25)27-19-21-31-29-15-9-11-17-33(29)40(3,4)35(31)23-27/h5-24H,1-4H3. The van der Waals surface area contributed by atoms with Crippen molar-refractivity contribution in [3.8, 4) is 56.2 Å². The molecule has 2 nitrogen and oxygen atoms in total. The summed E-state index contributed by atoms with van der Waals surface area (Å²) in [4.78, 5) is 10.3. The third kappa shape index (κ3) is 3.58. The summed E-state index contributed by atoms with van der Waals surface area (Å²) in [6.45, 7) is 9.30. The van der Waals surface area contributed by atoms with Gasteiger partial charge < -0.3 is 0 Å². The highest BCUT2D eigenvalue weighted by molar-refractivity contribution is 5.85.